The number of carbonyl (C=O) groups is 1. The summed E-state index contributed by atoms with van der Waals surface area (Å²) in [6.07, 6.45) is -4.67. The van der Waals surface area contributed by atoms with Crippen LogP contribution in [0.5, 0.6) is 0 Å². The molecule has 3 rings (SSSR count). The molecule has 2 heterocycles. The van der Waals surface area contributed by atoms with Gasteiger partial charge in [0.25, 0.3) is 0 Å². The van der Waals surface area contributed by atoms with Crippen molar-refractivity contribution >= 4 is 34.2 Å². The van der Waals surface area contributed by atoms with Gasteiger partial charge in [-0.2, -0.15) is 13.2 Å². The molecule has 3 aromatic rings. The Morgan fingerprint density at radius 2 is 2.00 bits per heavy atom. The van der Waals surface area contributed by atoms with E-state index in [-0.39, 0.29) is 16.9 Å². The lowest BCUT2D eigenvalue weighted by Gasteiger charge is -2.11. The Labute approximate surface area is 145 Å². The highest BCUT2D eigenvalue weighted by molar-refractivity contribution is 7.99. The topological polar surface area (TPSA) is 60.2 Å². The SMILES string of the molecule is CC(=O)c1ccc2nc(SCC(C)C)c3nnc(C(F)(F)F)n3c2c1. The first-order valence-corrected chi connectivity index (χ1v) is 8.57. The molecule has 9 heteroatoms. The maximum Gasteiger partial charge on any atom is 0.452 e. The van der Waals surface area contributed by atoms with E-state index in [1.54, 1.807) is 12.1 Å². The summed E-state index contributed by atoms with van der Waals surface area (Å²) in [4.78, 5) is 16.0. The first-order valence-electron chi connectivity index (χ1n) is 7.58. The predicted molar refractivity (Wildman–Crippen MR) is 88.9 cm³/mol. The molecular weight excluding hydrogens is 353 g/mol. The number of ketones is 1. The average Bonchev–Trinajstić information content (AvgIpc) is 2.97. The Morgan fingerprint density at radius 3 is 2.60 bits per heavy atom. The summed E-state index contributed by atoms with van der Waals surface area (Å²) in [5.74, 6) is -0.335. The minimum Gasteiger partial charge on any atom is -0.295 e. The van der Waals surface area contributed by atoms with Gasteiger partial charge in [0.15, 0.2) is 11.4 Å². The van der Waals surface area contributed by atoms with Gasteiger partial charge in [-0.1, -0.05) is 13.8 Å². The second-order valence-corrected chi connectivity index (χ2v) is 7.07. The molecule has 0 saturated carbocycles. The Bertz CT molecular complexity index is 965. The van der Waals surface area contributed by atoms with Crippen LogP contribution in [0.3, 0.4) is 0 Å². The molecule has 1 aromatic carbocycles. The van der Waals surface area contributed by atoms with Crippen LogP contribution < -0.4 is 0 Å². The van der Waals surface area contributed by atoms with Crippen LogP contribution in [0.15, 0.2) is 23.2 Å². The molecule has 0 atom stereocenters. The van der Waals surface area contributed by atoms with Crippen molar-refractivity contribution in [1.29, 1.82) is 0 Å². The van der Waals surface area contributed by atoms with Crippen LogP contribution in [-0.4, -0.2) is 31.1 Å². The molecule has 0 amide bonds. The number of rotatable bonds is 4. The zero-order valence-electron chi connectivity index (χ0n) is 13.8. The molecular formula is C16H15F3N4OS. The maximum atomic E-state index is 13.4. The van der Waals surface area contributed by atoms with Crippen molar-refractivity contribution < 1.29 is 18.0 Å². The van der Waals surface area contributed by atoms with Crippen molar-refractivity contribution in [1.82, 2.24) is 19.6 Å². The quantitative estimate of drug-likeness (QED) is 0.509. The van der Waals surface area contributed by atoms with Crippen molar-refractivity contribution in [2.24, 2.45) is 5.92 Å². The highest BCUT2D eigenvalue weighted by Crippen LogP contribution is 2.33. The highest BCUT2D eigenvalue weighted by Gasteiger charge is 2.38. The van der Waals surface area contributed by atoms with E-state index in [2.05, 4.69) is 15.2 Å². The first kappa shape index (κ1) is 17.7. The normalized spacial score (nSPS) is 12.4. The van der Waals surface area contributed by atoms with Gasteiger partial charge >= 0.3 is 6.18 Å². The lowest BCUT2D eigenvalue weighted by molar-refractivity contribution is -0.145. The third-order valence-electron chi connectivity index (χ3n) is 3.51. The number of alkyl halides is 3. The summed E-state index contributed by atoms with van der Waals surface area (Å²) < 4.78 is 41.0. The zero-order chi connectivity index (χ0) is 18.4. The van der Waals surface area contributed by atoms with Crippen LogP contribution in [0, 0.1) is 5.92 Å². The van der Waals surface area contributed by atoms with Crippen LogP contribution in [0.25, 0.3) is 16.7 Å². The van der Waals surface area contributed by atoms with Gasteiger partial charge < -0.3 is 0 Å². The van der Waals surface area contributed by atoms with Crippen molar-refractivity contribution in [2.45, 2.75) is 32.0 Å². The van der Waals surface area contributed by atoms with Gasteiger partial charge in [-0.3, -0.25) is 9.20 Å². The molecule has 0 N–H and O–H groups in total. The maximum absolute atomic E-state index is 13.4. The van der Waals surface area contributed by atoms with Gasteiger partial charge in [0, 0.05) is 11.3 Å². The third-order valence-corrected chi connectivity index (χ3v) is 4.89. The largest absolute Gasteiger partial charge is 0.452 e. The molecule has 0 spiro atoms. The van der Waals surface area contributed by atoms with Crippen molar-refractivity contribution in [3.63, 3.8) is 0 Å². The molecule has 0 aliphatic heterocycles. The Hall–Kier alpha value is -2.16. The molecule has 0 radical (unpaired) electrons. The highest BCUT2D eigenvalue weighted by atomic mass is 32.2. The number of thioether (sulfide) groups is 1. The van der Waals surface area contributed by atoms with E-state index in [0.29, 0.717) is 27.8 Å². The van der Waals surface area contributed by atoms with Gasteiger partial charge in [-0.05, 0) is 31.0 Å². The molecule has 0 unspecified atom stereocenters. The van der Waals surface area contributed by atoms with Gasteiger partial charge in [-0.15, -0.1) is 22.0 Å². The monoisotopic (exact) mass is 368 g/mol. The fraction of sp³-hybridized carbons (Fsp3) is 0.375. The number of fused-ring (bicyclic) bond motifs is 3. The molecule has 0 saturated heterocycles. The van der Waals surface area contributed by atoms with Crippen molar-refractivity contribution in [2.75, 3.05) is 5.75 Å². The van der Waals surface area contributed by atoms with Gasteiger partial charge in [0.1, 0.15) is 5.03 Å². The summed E-state index contributed by atoms with van der Waals surface area (Å²) in [5.41, 5.74) is 0.870. The van der Waals surface area contributed by atoms with Crippen LogP contribution in [0.2, 0.25) is 0 Å². The number of aromatic nitrogens is 4. The van der Waals surface area contributed by atoms with E-state index in [1.807, 2.05) is 13.8 Å². The molecule has 2 aromatic heterocycles. The van der Waals surface area contributed by atoms with Crippen LogP contribution in [0.1, 0.15) is 37.0 Å². The zero-order valence-corrected chi connectivity index (χ0v) is 14.6. The van der Waals surface area contributed by atoms with E-state index in [9.17, 15) is 18.0 Å². The molecule has 0 aliphatic rings. The summed E-state index contributed by atoms with van der Waals surface area (Å²) in [6, 6.07) is 4.50. The molecule has 0 bridgehead atoms. The number of hydrogen-bond acceptors (Lipinski definition) is 5. The Balaban J connectivity index is 2.35. The standard InChI is InChI=1S/C16H15F3N4OS/c1-8(2)7-25-14-13-21-22-15(16(17,18)19)23(13)12-6-10(9(3)24)4-5-11(12)20-14/h4-6,8H,7H2,1-3H3. The second kappa shape index (κ2) is 6.29. The van der Waals surface area contributed by atoms with Crippen LogP contribution in [0.4, 0.5) is 13.2 Å². The fourth-order valence-electron chi connectivity index (χ4n) is 2.35. The smallest absolute Gasteiger partial charge is 0.295 e. The number of carbonyl (C=O) groups excluding carboxylic acids is 1. The van der Waals surface area contributed by atoms with E-state index >= 15 is 0 Å². The first-order chi connectivity index (χ1) is 11.7. The summed E-state index contributed by atoms with van der Waals surface area (Å²) in [5, 5.41) is 7.43. The van der Waals surface area contributed by atoms with Crippen molar-refractivity contribution in [3.8, 4) is 0 Å². The summed E-state index contributed by atoms with van der Waals surface area (Å²) >= 11 is 1.34. The molecule has 0 fully saturated rings. The van der Waals surface area contributed by atoms with Crippen LogP contribution in [-0.2, 0) is 6.18 Å². The average molecular weight is 368 g/mol. The van der Waals surface area contributed by atoms with E-state index < -0.39 is 12.0 Å². The molecule has 25 heavy (non-hydrogen) atoms. The minimum atomic E-state index is -4.67. The lowest BCUT2D eigenvalue weighted by atomic mass is 10.1. The Kier molecular flexibility index (Phi) is 4.44. The van der Waals surface area contributed by atoms with Crippen LogP contribution >= 0.6 is 11.8 Å². The predicted octanol–water partition coefficient (Wildman–Crippen LogP) is 4.25. The molecule has 5 nitrogen and oxygen atoms in total. The minimum absolute atomic E-state index is 0.0474. The third kappa shape index (κ3) is 3.33. The van der Waals surface area contributed by atoms with E-state index in [1.165, 1.54) is 24.8 Å². The number of halogens is 3. The number of hydrogen-bond donors (Lipinski definition) is 0. The lowest BCUT2D eigenvalue weighted by Crippen LogP contribution is -2.12. The van der Waals surface area contributed by atoms with Gasteiger partial charge in [-0.25, -0.2) is 4.98 Å². The summed E-state index contributed by atoms with van der Waals surface area (Å²) in [7, 11) is 0. The van der Waals surface area contributed by atoms with Crippen molar-refractivity contribution in [3.05, 3.63) is 29.6 Å². The number of benzene rings is 1. The Morgan fingerprint density at radius 1 is 1.28 bits per heavy atom. The van der Waals surface area contributed by atoms with E-state index in [4.69, 9.17) is 0 Å². The molecule has 132 valence electrons. The number of Topliss-reactive ketones (excluding diaryl/α,β-unsaturated/α-hetero) is 1. The van der Waals surface area contributed by atoms with Gasteiger partial charge in [0.05, 0.1) is 11.0 Å². The van der Waals surface area contributed by atoms with E-state index in [0.717, 1.165) is 4.40 Å². The fourth-order valence-corrected chi connectivity index (χ4v) is 3.27. The van der Waals surface area contributed by atoms with Gasteiger partial charge in [0.2, 0.25) is 5.82 Å². The second-order valence-electron chi connectivity index (χ2n) is 6.06. The molecule has 0 aliphatic carbocycles. The summed E-state index contributed by atoms with van der Waals surface area (Å²) in [6.45, 7) is 5.38. The number of nitrogens with zero attached hydrogens (tertiary/aromatic N) is 4.